The Bertz CT molecular complexity index is 1010. The number of fused-ring (bicyclic) bond motifs is 5. The topological polar surface area (TPSA) is 126 Å². The Labute approximate surface area is 183 Å². The minimum atomic E-state index is -1.61. The molecule has 4 rings (SSSR count). The standard InChI is InChI=1S/C22H21NO9/c1-4-29-20(28)13-5-7-14(8-6-13)23-18(26)16-15-9-10-22(32-15,17(16)19(23)27)21(30-11(2)24)31-12(3)25/h5-10,15-17,21H,4H2,1-3H3/t15-,16-,17-,22-/m1/s1. The van der Waals surface area contributed by atoms with Gasteiger partial charge in [-0.1, -0.05) is 6.08 Å². The largest absolute Gasteiger partial charge is 0.462 e. The van der Waals surface area contributed by atoms with E-state index in [4.69, 9.17) is 18.9 Å². The van der Waals surface area contributed by atoms with Gasteiger partial charge < -0.3 is 18.9 Å². The Morgan fingerprint density at radius 1 is 1.06 bits per heavy atom. The SMILES string of the molecule is CCOC(=O)c1ccc(N2C(=O)[C@@H]3[C@H]4C=C[C@@](C(OC(C)=O)OC(C)=O)(O4)[C@H]3C2=O)cc1. The molecule has 3 aliphatic heterocycles. The van der Waals surface area contributed by atoms with E-state index in [0.29, 0.717) is 0 Å². The molecule has 10 heteroatoms. The van der Waals surface area contributed by atoms with Gasteiger partial charge in [0.25, 0.3) is 6.29 Å². The molecule has 0 spiro atoms. The molecule has 2 amide bonds. The lowest BCUT2D eigenvalue weighted by atomic mass is 9.76. The summed E-state index contributed by atoms with van der Waals surface area (Å²) in [5.74, 6) is -5.00. The van der Waals surface area contributed by atoms with Gasteiger partial charge in [0.05, 0.1) is 35.8 Å². The molecule has 0 unspecified atom stereocenters. The van der Waals surface area contributed by atoms with Gasteiger partial charge in [-0.05, 0) is 37.3 Å². The quantitative estimate of drug-likeness (QED) is 0.275. The number of amides is 2. The van der Waals surface area contributed by atoms with Gasteiger partial charge in [-0.3, -0.25) is 19.2 Å². The van der Waals surface area contributed by atoms with Crippen LogP contribution in [-0.4, -0.2) is 54.3 Å². The van der Waals surface area contributed by atoms with E-state index >= 15 is 0 Å². The van der Waals surface area contributed by atoms with E-state index in [9.17, 15) is 24.0 Å². The molecule has 3 heterocycles. The number of ether oxygens (including phenoxy) is 4. The average Bonchev–Trinajstić information content (AvgIpc) is 3.38. The van der Waals surface area contributed by atoms with Gasteiger partial charge in [0, 0.05) is 13.8 Å². The van der Waals surface area contributed by atoms with Gasteiger partial charge in [0.15, 0.2) is 5.60 Å². The number of hydrogen-bond acceptors (Lipinski definition) is 9. The van der Waals surface area contributed by atoms with Gasteiger partial charge in [-0.25, -0.2) is 9.69 Å². The van der Waals surface area contributed by atoms with E-state index in [1.807, 2.05) is 0 Å². The van der Waals surface area contributed by atoms with Crippen molar-refractivity contribution < 1.29 is 42.9 Å². The van der Waals surface area contributed by atoms with E-state index in [1.165, 1.54) is 30.3 Å². The van der Waals surface area contributed by atoms with Crippen LogP contribution in [0.4, 0.5) is 5.69 Å². The predicted molar refractivity (Wildman–Crippen MR) is 106 cm³/mol. The van der Waals surface area contributed by atoms with Crippen LogP contribution in [0.25, 0.3) is 0 Å². The lowest BCUT2D eigenvalue weighted by Crippen LogP contribution is -2.52. The van der Waals surface area contributed by atoms with E-state index < -0.39 is 59.6 Å². The number of carbonyl (C=O) groups is 5. The number of anilines is 1. The highest BCUT2D eigenvalue weighted by atomic mass is 16.7. The molecule has 0 saturated carbocycles. The van der Waals surface area contributed by atoms with Crippen LogP contribution in [0, 0.1) is 11.8 Å². The molecule has 3 aliphatic rings. The van der Waals surface area contributed by atoms with E-state index in [2.05, 4.69) is 0 Å². The molecule has 2 saturated heterocycles. The Morgan fingerprint density at radius 3 is 2.25 bits per heavy atom. The first kappa shape index (κ1) is 21.7. The minimum absolute atomic E-state index is 0.218. The molecule has 32 heavy (non-hydrogen) atoms. The maximum atomic E-state index is 13.4. The van der Waals surface area contributed by atoms with Crippen LogP contribution in [-0.2, 0) is 38.1 Å². The van der Waals surface area contributed by atoms with Crippen molar-refractivity contribution in [3.05, 3.63) is 42.0 Å². The first-order valence-electron chi connectivity index (χ1n) is 10.1. The highest BCUT2D eigenvalue weighted by molar-refractivity contribution is 6.23. The number of esters is 3. The summed E-state index contributed by atoms with van der Waals surface area (Å²) in [6.45, 7) is 4.17. The van der Waals surface area contributed by atoms with Crippen molar-refractivity contribution in [1.29, 1.82) is 0 Å². The van der Waals surface area contributed by atoms with E-state index in [0.717, 1.165) is 18.7 Å². The monoisotopic (exact) mass is 443 g/mol. The molecule has 2 bridgehead atoms. The highest BCUT2D eigenvalue weighted by Crippen LogP contribution is 2.54. The van der Waals surface area contributed by atoms with Crippen LogP contribution in [0.5, 0.6) is 0 Å². The van der Waals surface area contributed by atoms with Crippen molar-refractivity contribution in [3.63, 3.8) is 0 Å². The Morgan fingerprint density at radius 2 is 1.69 bits per heavy atom. The number of imide groups is 1. The third-order valence-electron chi connectivity index (χ3n) is 5.63. The summed E-state index contributed by atoms with van der Waals surface area (Å²) in [4.78, 5) is 62.8. The second-order valence-corrected chi connectivity index (χ2v) is 7.63. The van der Waals surface area contributed by atoms with Gasteiger partial charge in [0.2, 0.25) is 11.8 Å². The summed E-state index contributed by atoms with van der Waals surface area (Å²) >= 11 is 0. The van der Waals surface area contributed by atoms with Crippen molar-refractivity contribution in [2.45, 2.75) is 38.8 Å². The van der Waals surface area contributed by atoms with Crippen LogP contribution in [0.1, 0.15) is 31.1 Å². The molecular formula is C22H21NO9. The maximum Gasteiger partial charge on any atom is 0.338 e. The van der Waals surface area contributed by atoms with Crippen molar-refractivity contribution in [2.24, 2.45) is 11.8 Å². The summed E-state index contributed by atoms with van der Waals surface area (Å²) in [5, 5.41) is 0. The third-order valence-corrected chi connectivity index (χ3v) is 5.63. The third kappa shape index (κ3) is 3.27. The van der Waals surface area contributed by atoms with Crippen LogP contribution in [0.2, 0.25) is 0 Å². The van der Waals surface area contributed by atoms with Crippen molar-refractivity contribution in [3.8, 4) is 0 Å². The fourth-order valence-corrected chi connectivity index (χ4v) is 4.43. The summed E-state index contributed by atoms with van der Waals surface area (Å²) in [6, 6.07) is 5.87. The molecule has 4 atom stereocenters. The average molecular weight is 443 g/mol. The van der Waals surface area contributed by atoms with E-state index in [-0.39, 0.29) is 17.9 Å². The Kier molecular flexibility index (Phi) is 5.33. The zero-order chi connectivity index (χ0) is 23.2. The Hall–Kier alpha value is -3.53. The molecule has 168 valence electrons. The number of nitrogens with zero attached hydrogens (tertiary/aromatic N) is 1. The van der Waals surface area contributed by atoms with Crippen LogP contribution in [0.3, 0.4) is 0 Å². The van der Waals surface area contributed by atoms with Gasteiger partial charge in [0.1, 0.15) is 0 Å². The predicted octanol–water partition coefficient (Wildman–Crippen LogP) is 1.13. The summed E-state index contributed by atoms with van der Waals surface area (Å²) < 4.78 is 21.2. The first-order chi connectivity index (χ1) is 15.2. The molecule has 2 fully saturated rings. The van der Waals surface area contributed by atoms with Crippen molar-refractivity contribution in [2.75, 3.05) is 11.5 Å². The summed E-state index contributed by atoms with van der Waals surface area (Å²) in [7, 11) is 0. The van der Waals surface area contributed by atoms with Crippen LogP contribution in [0.15, 0.2) is 36.4 Å². The summed E-state index contributed by atoms with van der Waals surface area (Å²) in [6.07, 6.45) is 0.832. The van der Waals surface area contributed by atoms with Gasteiger partial charge in [-0.2, -0.15) is 0 Å². The molecule has 1 aromatic rings. The number of hydrogen-bond donors (Lipinski definition) is 0. The van der Waals surface area contributed by atoms with Crippen molar-refractivity contribution >= 4 is 35.4 Å². The van der Waals surface area contributed by atoms with Crippen molar-refractivity contribution in [1.82, 2.24) is 0 Å². The fraction of sp³-hybridized carbons (Fsp3) is 0.409. The normalized spacial score (nSPS) is 27.6. The minimum Gasteiger partial charge on any atom is -0.462 e. The second-order valence-electron chi connectivity index (χ2n) is 7.63. The molecule has 0 aromatic heterocycles. The first-order valence-corrected chi connectivity index (χ1v) is 10.1. The molecular weight excluding hydrogens is 422 g/mol. The molecule has 0 N–H and O–H groups in total. The zero-order valence-corrected chi connectivity index (χ0v) is 17.6. The van der Waals surface area contributed by atoms with Crippen LogP contribution >= 0.6 is 0 Å². The number of benzene rings is 1. The van der Waals surface area contributed by atoms with Crippen LogP contribution < -0.4 is 4.90 Å². The fourth-order valence-electron chi connectivity index (χ4n) is 4.43. The van der Waals surface area contributed by atoms with Gasteiger partial charge in [-0.15, -0.1) is 0 Å². The maximum absolute atomic E-state index is 13.4. The molecule has 0 aliphatic carbocycles. The molecule has 1 aromatic carbocycles. The zero-order valence-electron chi connectivity index (χ0n) is 17.6. The number of rotatable bonds is 6. The smallest absolute Gasteiger partial charge is 0.338 e. The lowest BCUT2D eigenvalue weighted by Gasteiger charge is -2.34. The summed E-state index contributed by atoms with van der Waals surface area (Å²) in [5.41, 5.74) is -1.06. The second kappa shape index (κ2) is 7.86. The number of carbonyl (C=O) groups excluding carboxylic acids is 5. The highest BCUT2D eigenvalue weighted by Gasteiger charge is 2.72. The van der Waals surface area contributed by atoms with E-state index in [1.54, 1.807) is 13.0 Å². The van der Waals surface area contributed by atoms with Gasteiger partial charge >= 0.3 is 17.9 Å². The molecule has 0 radical (unpaired) electrons. The lowest BCUT2D eigenvalue weighted by molar-refractivity contribution is -0.226. The molecule has 10 nitrogen and oxygen atoms in total. The Balaban J connectivity index is 1.66.